The molecule has 0 aliphatic rings. The Balaban J connectivity index is 3.85. The van der Waals surface area contributed by atoms with Gasteiger partial charge in [0.15, 0.2) is 0 Å². The first-order chi connectivity index (χ1) is 5.02. The van der Waals surface area contributed by atoms with E-state index in [1.807, 2.05) is 0 Å². The summed E-state index contributed by atoms with van der Waals surface area (Å²) in [5.41, 5.74) is 0.296. The number of hydrogen-bond donors (Lipinski definition) is 0. The topological polar surface area (TPSA) is 17.1 Å². The van der Waals surface area contributed by atoms with Gasteiger partial charge in [0.1, 0.15) is 6.29 Å². The molecule has 1 radical (unpaired) electrons. The predicted octanol–water partition coefficient (Wildman–Crippen LogP) is 2.85. The second kappa shape index (κ2) is 4.53. The van der Waals surface area contributed by atoms with Gasteiger partial charge in [-0.15, -0.1) is 0 Å². The molecule has 0 saturated heterocycles. The van der Waals surface area contributed by atoms with Crippen LogP contribution < -0.4 is 0 Å². The lowest BCUT2D eigenvalue weighted by Crippen LogP contribution is -2.19. The van der Waals surface area contributed by atoms with Crippen molar-refractivity contribution in [2.75, 3.05) is 0 Å². The summed E-state index contributed by atoms with van der Waals surface area (Å²) in [4.78, 5) is 10.1. The molecule has 0 rings (SSSR count). The SMILES string of the molecule is [CH2]CC(CCC=O)C(C)(C)C. The molecule has 0 aliphatic heterocycles. The average Bonchev–Trinajstić information content (AvgIpc) is 1.87. The van der Waals surface area contributed by atoms with Gasteiger partial charge < -0.3 is 4.79 Å². The lowest BCUT2D eigenvalue weighted by Gasteiger charge is -2.29. The summed E-state index contributed by atoms with van der Waals surface area (Å²) in [5.74, 6) is 0.577. The van der Waals surface area contributed by atoms with Crippen molar-refractivity contribution in [3.63, 3.8) is 0 Å². The average molecular weight is 155 g/mol. The molecule has 1 atom stereocenters. The second-order valence-corrected chi connectivity index (χ2v) is 4.10. The maximum absolute atomic E-state index is 10.1. The third kappa shape index (κ3) is 4.18. The van der Waals surface area contributed by atoms with Crippen LogP contribution in [0.2, 0.25) is 0 Å². The molecule has 1 nitrogen and oxygen atoms in total. The van der Waals surface area contributed by atoms with E-state index >= 15 is 0 Å². The summed E-state index contributed by atoms with van der Waals surface area (Å²) in [6.07, 6.45) is 3.58. The van der Waals surface area contributed by atoms with Gasteiger partial charge in [0.25, 0.3) is 0 Å². The Morgan fingerprint density at radius 2 is 2.00 bits per heavy atom. The fourth-order valence-corrected chi connectivity index (χ4v) is 1.28. The van der Waals surface area contributed by atoms with Crippen molar-refractivity contribution in [2.45, 2.75) is 40.0 Å². The van der Waals surface area contributed by atoms with Gasteiger partial charge in [-0.05, 0) is 24.2 Å². The van der Waals surface area contributed by atoms with E-state index in [0.29, 0.717) is 17.8 Å². The molecular weight excluding hydrogens is 136 g/mol. The van der Waals surface area contributed by atoms with E-state index in [0.717, 1.165) is 19.1 Å². The molecule has 65 valence electrons. The minimum Gasteiger partial charge on any atom is -0.303 e. The zero-order valence-corrected chi connectivity index (χ0v) is 7.89. The van der Waals surface area contributed by atoms with Crippen LogP contribution in [-0.4, -0.2) is 6.29 Å². The van der Waals surface area contributed by atoms with Crippen LogP contribution >= 0.6 is 0 Å². The molecule has 0 spiro atoms. The maximum Gasteiger partial charge on any atom is 0.120 e. The first kappa shape index (κ1) is 10.7. The van der Waals surface area contributed by atoms with Crippen molar-refractivity contribution in [1.82, 2.24) is 0 Å². The highest BCUT2D eigenvalue weighted by molar-refractivity contribution is 5.49. The highest BCUT2D eigenvalue weighted by Crippen LogP contribution is 2.31. The third-order valence-electron chi connectivity index (χ3n) is 2.21. The molecule has 0 heterocycles. The van der Waals surface area contributed by atoms with Crippen molar-refractivity contribution in [1.29, 1.82) is 0 Å². The lowest BCUT2D eigenvalue weighted by molar-refractivity contribution is -0.108. The molecule has 0 N–H and O–H groups in total. The van der Waals surface area contributed by atoms with E-state index in [-0.39, 0.29) is 0 Å². The quantitative estimate of drug-likeness (QED) is 0.570. The molecule has 1 heteroatoms. The predicted molar refractivity (Wildman–Crippen MR) is 48.2 cm³/mol. The largest absolute Gasteiger partial charge is 0.303 e. The number of rotatable bonds is 4. The molecule has 0 bridgehead atoms. The fourth-order valence-electron chi connectivity index (χ4n) is 1.28. The molecular formula is C10H19O. The summed E-state index contributed by atoms with van der Waals surface area (Å²) < 4.78 is 0. The van der Waals surface area contributed by atoms with Crippen LogP contribution in [0.25, 0.3) is 0 Å². The van der Waals surface area contributed by atoms with Gasteiger partial charge in [-0.3, -0.25) is 0 Å². The Morgan fingerprint density at radius 1 is 1.45 bits per heavy atom. The fraction of sp³-hybridized carbons (Fsp3) is 0.800. The van der Waals surface area contributed by atoms with E-state index < -0.39 is 0 Å². The van der Waals surface area contributed by atoms with Crippen LogP contribution in [0, 0.1) is 18.3 Å². The molecule has 0 aliphatic carbocycles. The van der Waals surface area contributed by atoms with Crippen LogP contribution in [-0.2, 0) is 4.79 Å². The molecule has 1 unspecified atom stereocenters. The summed E-state index contributed by atoms with van der Waals surface area (Å²) in [6.45, 7) is 10.5. The van der Waals surface area contributed by atoms with Gasteiger partial charge in [-0.1, -0.05) is 27.7 Å². The lowest BCUT2D eigenvalue weighted by atomic mass is 9.77. The normalized spacial score (nSPS) is 14.5. The standard InChI is InChI=1S/C10H19O/c1-5-9(7-6-8-11)10(2,3)4/h8-9H,1,5-7H2,2-4H3. The summed E-state index contributed by atoms with van der Waals surface area (Å²) in [5, 5.41) is 0. The Bertz CT molecular complexity index is 111. The van der Waals surface area contributed by atoms with Crippen LogP contribution in [0.4, 0.5) is 0 Å². The molecule has 0 aromatic heterocycles. The van der Waals surface area contributed by atoms with E-state index in [1.54, 1.807) is 0 Å². The molecule has 0 aromatic carbocycles. The van der Waals surface area contributed by atoms with E-state index in [4.69, 9.17) is 0 Å². The minimum absolute atomic E-state index is 0.296. The number of carbonyl (C=O) groups is 1. The Kier molecular flexibility index (Phi) is 4.39. The molecule has 11 heavy (non-hydrogen) atoms. The van der Waals surface area contributed by atoms with E-state index in [2.05, 4.69) is 27.7 Å². The van der Waals surface area contributed by atoms with Gasteiger partial charge in [0, 0.05) is 6.42 Å². The highest BCUT2D eigenvalue weighted by Gasteiger charge is 2.21. The summed E-state index contributed by atoms with van der Waals surface area (Å²) in [6, 6.07) is 0. The van der Waals surface area contributed by atoms with Crippen LogP contribution in [0.5, 0.6) is 0 Å². The van der Waals surface area contributed by atoms with Crippen LogP contribution in [0.3, 0.4) is 0 Å². The van der Waals surface area contributed by atoms with Gasteiger partial charge >= 0.3 is 0 Å². The first-order valence-corrected chi connectivity index (χ1v) is 4.25. The van der Waals surface area contributed by atoms with Crippen molar-refractivity contribution in [2.24, 2.45) is 11.3 Å². The summed E-state index contributed by atoms with van der Waals surface area (Å²) >= 11 is 0. The summed E-state index contributed by atoms with van der Waals surface area (Å²) in [7, 11) is 0. The number of aldehydes is 1. The Labute approximate surface area is 70.2 Å². The number of carbonyl (C=O) groups excluding carboxylic acids is 1. The van der Waals surface area contributed by atoms with Gasteiger partial charge in [0.05, 0.1) is 0 Å². The smallest absolute Gasteiger partial charge is 0.120 e. The zero-order valence-electron chi connectivity index (χ0n) is 7.89. The van der Waals surface area contributed by atoms with Gasteiger partial charge in [0.2, 0.25) is 0 Å². The van der Waals surface area contributed by atoms with Crippen molar-refractivity contribution >= 4 is 6.29 Å². The third-order valence-corrected chi connectivity index (χ3v) is 2.21. The molecule has 0 aromatic rings. The maximum atomic E-state index is 10.1. The monoisotopic (exact) mass is 155 g/mol. The molecule has 0 fully saturated rings. The minimum atomic E-state index is 0.296. The van der Waals surface area contributed by atoms with Crippen molar-refractivity contribution in [3.05, 3.63) is 6.92 Å². The van der Waals surface area contributed by atoms with Gasteiger partial charge in [-0.2, -0.15) is 0 Å². The highest BCUT2D eigenvalue weighted by atomic mass is 16.1. The number of hydrogen-bond acceptors (Lipinski definition) is 1. The van der Waals surface area contributed by atoms with Gasteiger partial charge in [-0.25, -0.2) is 0 Å². The molecule has 0 saturated carbocycles. The van der Waals surface area contributed by atoms with Crippen molar-refractivity contribution < 1.29 is 4.79 Å². The Hall–Kier alpha value is -0.330. The zero-order chi connectivity index (χ0) is 8.91. The van der Waals surface area contributed by atoms with Crippen molar-refractivity contribution in [3.8, 4) is 0 Å². The van der Waals surface area contributed by atoms with E-state index in [1.165, 1.54) is 0 Å². The van der Waals surface area contributed by atoms with E-state index in [9.17, 15) is 4.79 Å². The molecule has 0 amide bonds. The van der Waals surface area contributed by atoms with Crippen LogP contribution in [0.1, 0.15) is 40.0 Å². The second-order valence-electron chi connectivity index (χ2n) is 4.10. The first-order valence-electron chi connectivity index (χ1n) is 4.25. The van der Waals surface area contributed by atoms with Crippen LogP contribution in [0.15, 0.2) is 0 Å². The Morgan fingerprint density at radius 3 is 2.27 bits per heavy atom.